The normalized spacial score (nSPS) is 14.0. The van der Waals surface area contributed by atoms with Crippen molar-refractivity contribution in [1.82, 2.24) is 10.1 Å². The lowest BCUT2D eigenvalue weighted by molar-refractivity contribution is 0.0690. The molecule has 7 nitrogen and oxygen atoms in total. The molecule has 102 valence electrons. The molecule has 7 heteroatoms. The molecule has 0 aliphatic heterocycles. The average molecular weight is 273 g/mol. The van der Waals surface area contributed by atoms with Crippen LogP contribution in [0.2, 0.25) is 0 Å². The summed E-state index contributed by atoms with van der Waals surface area (Å²) >= 11 is 0. The molecule has 0 atom stereocenters. The van der Waals surface area contributed by atoms with Crippen LogP contribution in [0, 0.1) is 0 Å². The third-order valence-electron chi connectivity index (χ3n) is 2.98. The van der Waals surface area contributed by atoms with Gasteiger partial charge in [-0.1, -0.05) is 5.16 Å². The van der Waals surface area contributed by atoms with E-state index in [4.69, 9.17) is 9.63 Å². The molecule has 2 aromatic heterocycles. The standard InChI is InChI=1S/C13H11N3O4/c17-12(9-6-11(20-16-9)7-1-2-7)15-8-3-4-14-10(5-8)13(18)19/h3-7H,1-2H2,(H,18,19)(H,14,15,17). The molecule has 0 spiro atoms. The fourth-order valence-corrected chi connectivity index (χ4v) is 1.78. The second-order valence-corrected chi connectivity index (χ2v) is 4.58. The molecule has 2 N–H and O–H groups in total. The van der Waals surface area contributed by atoms with E-state index in [0.29, 0.717) is 11.6 Å². The quantitative estimate of drug-likeness (QED) is 0.881. The van der Waals surface area contributed by atoms with Crippen molar-refractivity contribution in [2.24, 2.45) is 0 Å². The average Bonchev–Trinajstić information content (AvgIpc) is 3.16. The van der Waals surface area contributed by atoms with Gasteiger partial charge in [0, 0.05) is 23.9 Å². The van der Waals surface area contributed by atoms with Gasteiger partial charge in [-0.05, 0) is 25.0 Å². The van der Waals surface area contributed by atoms with Gasteiger partial charge >= 0.3 is 5.97 Å². The predicted molar refractivity (Wildman–Crippen MR) is 67.6 cm³/mol. The highest BCUT2D eigenvalue weighted by atomic mass is 16.5. The number of anilines is 1. The summed E-state index contributed by atoms with van der Waals surface area (Å²) in [5.74, 6) is -0.499. The third kappa shape index (κ3) is 2.51. The van der Waals surface area contributed by atoms with E-state index in [1.54, 1.807) is 6.07 Å². The number of pyridine rings is 1. The lowest BCUT2D eigenvalue weighted by Gasteiger charge is -2.02. The molecule has 20 heavy (non-hydrogen) atoms. The van der Waals surface area contributed by atoms with Crippen molar-refractivity contribution >= 4 is 17.6 Å². The van der Waals surface area contributed by atoms with Crippen LogP contribution < -0.4 is 5.32 Å². The van der Waals surface area contributed by atoms with Crippen molar-refractivity contribution < 1.29 is 19.2 Å². The number of carbonyl (C=O) groups is 2. The summed E-state index contributed by atoms with van der Waals surface area (Å²) in [5, 5.41) is 15.1. The van der Waals surface area contributed by atoms with Crippen LogP contribution >= 0.6 is 0 Å². The van der Waals surface area contributed by atoms with Gasteiger partial charge in [0.15, 0.2) is 5.69 Å². The molecule has 1 amide bonds. The van der Waals surface area contributed by atoms with Gasteiger partial charge in [-0.15, -0.1) is 0 Å². The minimum atomic E-state index is -1.15. The highest BCUT2D eigenvalue weighted by molar-refractivity contribution is 6.03. The van der Waals surface area contributed by atoms with Gasteiger partial charge in [-0.3, -0.25) is 4.79 Å². The van der Waals surface area contributed by atoms with Crippen LogP contribution in [0.25, 0.3) is 0 Å². The number of rotatable bonds is 4. The molecule has 0 aromatic carbocycles. The van der Waals surface area contributed by atoms with E-state index in [2.05, 4.69) is 15.5 Å². The summed E-state index contributed by atoms with van der Waals surface area (Å²) in [6.07, 6.45) is 3.43. The molecule has 1 aliphatic rings. The first kappa shape index (κ1) is 12.3. The van der Waals surface area contributed by atoms with Crippen LogP contribution in [-0.4, -0.2) is 27.1 Å². The fraction of sp³-hybridized carbons (Fsp3) is 0.231. The topological polar surface area (TPSA) is 105 Å². The summed E-state index contributed by atoms with van der Waals surface area (Å²) in [5.41, 5.74) is 0.389. The Morgan fingerprint density at radius 1 is 1.30 bits per heavy atom. The fourth-order valence-electron chi connectivity index (χ4n) is 1.78. The lowest BCUT2D eigenvalue weighted by Crippen LogP contribution is -2.13. The van der Waals surface area contributed by atoms with E-state index in [1.165, 1.54) is 18.3 Å². The Morgan fingerprint density at radius 2 is 2.10 bits per heavy atom. The molecule has 3 rings (SSSR count). The van der Waals surface area contributed by atoms with Gasteiger partial charge in [0.25, 0.3) is 5.91 Å². The number of carboxylic acid groups (broad SMARTS) is 1. The molecule has 2 heterocycles. The summed E-state index contributed by atoms with van der Waals surface area (Å²) in [7, 11) is 0. The van der Waals surface area contributed by atoms with Crippen LogP contribution in [0.15, 0.2) is 28.9 Å². The number of nitrogens with zero attached hydrogens (tertiary/aromatic N) is 2. The number of hydrogen-bond acceptors (Lipinski definition) is 5. The zero-order valence-electron chi connectivity index (χ0n) is 10.4. The largest absolute Gasteiger partial charge is 0.477 e. The number of carbonyl (C=O) groups excluding carboxylic acids is 1. The van der Waals surface area contributed by atoms with Crippen LogP contribution in [0.3, 0.4) is 0 Å². The number of carboxylic acids is 1. The molecule has 0 unspecified atom stereocenters. The third-order valence-corrected chi connectivity index (χ3v) is 2.98. The monoisotopic (exact) mass is 273 g/mol. The van der Waals surface area contributed by atoms with Crippen molar-refractivity contribution in [1.29, 1.82) is 0 Å². The highest BCUT2D eigenvalue weighted by Crippen LogP contribution is 2.40. The first-order valence-electron chi connectivity index (χ1n) is 6.11. The van der Waals surface area contributed by atoms with E-state index < -0.39 is 11.9 Å². The first-order valence-corrected chi connectivity index (χ1v) is 6.11. The Hall–Kier alpha value is -2.70. The number of aromatic nitrogens is 2. The van der Waals surface area contributed by atoms with Crippen LogP contribution in [-0.2, 0) is 0 Å². The maximum Gasteiger partial charge on any atom is 0.354 e. The first-order chi connectivity index (χ1) is 9.63. The number of aromatic carboxylic acids is 1. The summed E-state index contributed by atoms with van der Waals surface area (Å²) in [6.45, 7) is 0. The second kappa shape index (κ2) is 4.76. The van der Waals surface area contributed by atoms with Crippen molar-refractivity contribution in [3.05, 3.63) is 41.5 Å². The Kier molecular flexibility index (Phi) is 2.94. The van der Waals surface area contributed by atoms with E-state index in [9.17, 15) is 9.59 Å². The predicted octanol–water partition coefficient (Wildman–Crippen LogP) is 1.90. The molecule has 0 bridgehead atoms. The maximum atomic E-state index is 12.0. The number of hydrogen-bond donors (Lipinski definition) is 2. The zero-order valence-corrected chi connectivity index (χ0v) is 10.4. The molecule has 1 aliphatic carbocycles. The molecule has 2 aromatic rings. The minimum absolute atomic E-state index is 0.137. The van der Waals surface area contributed by atoms with Gasteiger partial charge in [0.1, 0.15) is 11.5 Å². The van der Waals surface area contributed by atoms with E-state index >= 15 is 0 Å². The summed E-state index contributed by atoms with van der Waals surface area (Å²) in [6, 6.07) is 4.40. The van der Waals surface area contributed by atoms with E-state index in [0.717, 1.165) is 18.6 Å². The lowest BCUT2D eigenvalue weighted by atomic mass is 10.2. The highest BCUT2D eigenvalue weighted by Gasteiger charge is 2.28. The van der Waals surface area contributed by atoms with Gasteiger partial charge in [0.2, 0.25) is 0 Å². The molecular weight excluding hydrogens is 262 g/mol. The summed E-state index contributed by atoms with van der Waals surface area (Å²) < 4.78 is 5.09. The Morgan fingerprint density at radius 3 is 2.80 bits per heavy atom. The molecular formula is C13H11N3O4. The molecule has 0 saturated heterocycles. The summed E-state index contributed by atoms with van der Waals surface area (Å²) in [4.78, 5) is 26.4. The van der Waals surface area contributed by atoms with Gasteiger partial charge in [0.05, 0.1) is 0 Å². The van der Waals surface area contributed by atoms with Crippen molar-refractivity contribution in [3.63, 3.8) is 0 Å². The molecule has 0 radical (unpaired) electrons. The second-order valence-electron chi connectivity index (χ2n) is 4.58. The molecule has 1 fully saturated rings. The zero-order chi connectivity index (χ0) is 14.1. The Labute approximate surface area is 113 Å². The molecule has 1 saturated carbocycles. The van der Waals surface area contributed by atoms with Crippen molar-refractivity contribution in [2.45, 2.75) is 18.8 Å². The SMILES string of the molecule is O=C(O)c1cc(NC(=O)c2cc(C3CC3)on2)ccn1. The van der Waals surface area contributed by atoms with Crippen molar-refractivity contribution in [2.75, 3.05) is 5.32 Å². The van der Waals surface area contributed by atoms with Gasteiger partial charge < -0.3 is 14.9 Å². The Bertz CT molecular complexity index is 676. The van der Waals surface area contributed by atoms with Crippen LogP contribution in [0.1, 0.15) is 45.5 Å². The van der Waals surface area contributed by atoms with Crippen LogP contribution in [0.4, 0.5) is 5.69 Å². The van der Waals surface area contributed by atoms with Gasteiger partial charge in [-0.25, -0.2) is 9.78 Å². The van der Waals surface area contributed by atoms with Crippen molar-refractivity contribution in [3.8, 4) is 0 Å². The van der Waals surface area contributed by atoms with E-state index in [-0.39, 0.29) is 11.4 Å². The van der Waals surface area contributed by atoms with E-state index in [1.807, 2.05) is 0 Å². The van der Waals surface area contributed by atoms with Gasteiger partial charge in [-0.2, -0.15) is 0 Å². The number of amides is 1. The van der Waals surface area contributed by atoms with Crippen LogP contribution in [0.5, 0.6) is 0 Å². The number of nitrogens with one attached hydrogen (secondary N) is 1. The minimum Gasteiger partial charge on any atom is -0.477 e. The smallest absolute Gasteiger partial charge is 0.354 e. The Balaban J connectivity index is 1.74. The maximum absolute atomic E-state index is 12.0.